The molecular weight excluding hydrogens is 372 g/mol. The van der Waals surface area contributed by atoms with Crippen LogP contribution in [0.4, 0.5) is 0 Å². The smallest absolute Gasteiger partial charge is 0.337 e. The van der Waals surface area contributed by atoms with E-state index in [1.165, 1.54) is 0 Å². The van der Waals surface area contributed by atoms with Gasteiger partial charge in [-0.15, -0.1) is 0 Å². The van der Waals surface area contributed by atoms with Crippen LogP contribution >= 0.6 is 0 Å². The van der Waals surface area contributed by atoms with E-state index in [0.717, 1.165) is 4.90 Å². The molecule has 12 heteroatoms. The molecule has 0 aromatic rings. The first-order chi connectivity index (χ1) is 13.0. The van der Waals surface area contributed by atoms with E-state index in [1.54, 1.807) is 0 Å². The summed E-state index contributed by atoms with van der Waals surface area (Å²) in [5, 5.41) is 18.5. The largest absolute Gasteiger partial charge is 0.481 e. The predicted octanol–water partition coefficient (Wildman–Crippen LogP) is -2.43. The van der Waals surface area contributed by atoms with Gasteiger partial charge in [0.15, 0.2) is 11.7 Å². The second-order valence-corrected chi connectivity index (χ2v) is 6.72. The van der Waals surface area contributed by atoms with Gasteiger partial charge in [-0.1, -0.05) is 0 Å². The number of ketones is 1. The van der Waals surface area contributed by atoms with Crippen molar-refractivity contribution in [3.05, 3.63) is 0 Å². The van der Waals surface area contributed by atoms with Gasteiger partial charge < -0.3 is 38.0 Å². The summed E-state index contributed by atoms with van der Waals surface area (Å²) in [6.45, 7) is 0.302. The summed E-state index contributed by atoms with van der Waals surface area (Å²) in [5.41, 5.74) is 19.9. The number of amides is 1. The topological polar surface area (TPSA) is 228 Å². The molecule has 1 amide bonds. The zero-order chi connectivity index (χ0) is 21.5. The van der Waals surface area contributed by atoms with Crippen LogP contribution < -0.4 is 22.9 Å². The van der Waals surface area contributed by atoms with Gasteiger partial charge in [-0.25, -0.2) is 4.79 Å². The van der Waals surface area contributed by atoms with E-state index in [9.17, 15) is 24.3 Å². The van der Waals surface area contributed by atoms with E-state index < -0.39 is 41.3 Å². The van der Waals surface area contributed by atoms with Gasteiger partial charge in [0.2, 0.25) is 11.4 Å². The van der Waals surface area contributed by atoms with E-state index in [4.69, 9.17) is 28.0 Å². The molecule has 1 saturated heterocycles. The number of likely N-dealkylation sites (tertiary alicyclic amines) is 1. The number of aliphatic imine (C=N–C) groups is 1. The second kappa shape index (κ2) is 9.99. The van der Waals surface area contributed by atoms with Gasteiger partial charge in [-0.3, -0.25) is 19.4 Å². The number of carbonyl (C=O) groups is 4. The van der Waals surface area contributed by atoms with Crippen molar-refractivity contribution in [3.8, 4) is 0 Å². The monoisotopic (exact) mass is 400 g/mol. The van der Waals surface area contributed by atoms with Crippen LogP contribution in [-0.4, -0.2) is 75.4 Å². The van der Waals surface area contributed by atoms with Crippen LogP contribution in [0.2, 0.25) is 0 Å². The minimum Gasteiger partial charge on any atom is -0.481 e. The highest BCUT2D eigenvalue weighted by molar-refractivity contribution is 6.13. The Kier molecular flexibility index (Phi) is 8.32. The molecule has 0 aliphatic carbocycles. The summed E-state index contributed by atoms with van der Waals surface area (Å²) in [7, 11) is 0. The number of Topliss-reactive ketones (excluding diaryl/α,β-unsaturated/α-hetero) is 1. The van der Waals surface area contributed by atoms with Crippen molar-refractivity contribution in [3.63, 3.8) is 0 Å². The number of nitrogens with zero attached hydrogens (tertiary/aromatic N) is 2. The van der Waals surface area contributed by atoms with Crippen LogP contribution in [0, 0.1) is 0 Å². The van der Waals surface area contributed by atoms with E-state index in [1.807, 2.05) is 0 Å². The summed E-state index contributed by atoms with van der Waals surface area (Å²) >= 11 is 0. The van der Waals surface area contributed by atoms with Crippen LogP contribution in [0.3, 0.4) is 0 Å². The lowest BCUT2D eigenvalue weighted by Gasteiger charge is -2.36. The van der Waals surface area contributed by atoms with Crippen LogP contribution in [0.1, 0.15) is 38.5 Å². The first-order valence-electron chi connectivity index (χ1n) is 8.91. The van der Waals surface area contributed by atoms with Gasteiger partial charge in [-0.05, 0) is 32.1 Å². The second-order valence-electron chi connectivity index (χ2n) is 6.72. The van der Waals surface area contributed by atoms with Crippen LogP contribution in [0.25, 0.3) is 0 Å². The Balaban J connectivity index is 2.94. The van der Waals surface area contributed by atoms with Crippen LogP contribution in [-0.2, 0) is 19.2 Å². The number of hydrogen-bond donors (Lipinski definition) is 6. The number of nitrogens with two attached hydrogens (primary N) is 4. The zero-order valence-electron chi connectivity index (χ0n) is 15.5. The maximum Gasteiger partial charge on any atom is 0.337 e. The Labute approximate surface area is 161 Å². The normalized spacial score (nSPS) is 21.0. The van der Waals surface area contributed by atoms with Crippen molar-refractivity contribution in [1.82, 2.24) is 4.90 Å². The number of guanidine groups is 1. The van der Waals surface area contributed by atoms with Gasteiger partial charge in [0, 0.05) is 19.5 Å². The molecule has 0 radical (unpaired) electrons. The summed E-state index contributed by atoms with van der Waals surface area (Å²) in [4.78, 5) is 53.0. The number of rotatable bonds is 11. The first-order valence-corrected chi connectivity index (χ1v) is 8.91. The highest BCUT2D eigenvalue weighted by Crippen LogP contribution is 2.33. The molecule has 1 aliphatic rings. The molecule has 0 aromatic carbocycles. The SMILES string of the molecule is NC(N)=NCCCC(N)C(=O)N1CCCC1(C(=O)O)C(=O)C(N)CCC(=O)O. The predicted molar refractivity (Wildman–Crippen MR) is 99.1 cm³/mol. The minimum atomic E-state index is -2.13. The third kappa shape index (κ3) is 5.39. The lowest BCUT2D eigenvalue weighted by atomic mass is 9.85. The van der Waals surface area contributed by atoms with E-state index in [0.29, 0.717) is 6.42 Å². The van der Waals surface area contributed by atoms with E-state index in [-0.39, 0.29) is 51.2 Å². The van der Waals surface area contributed by atoms with Crippen molar-refractivity contribution in [2.45, 2.75) is 56.1 Å². The zero-order valence-corrected chi connectivity index (χ0v) is 15.5. The molecule has 0 aromatic heterocycles. The third-order valence-electron chi connectivity index (χ3n) is 4.70. The van der Waals surface area contributed by atoms with Crippen molar-refractivity contribution in [1.29, 1.82) is 0 Å². The Bertz CT molecular complexity index is 650. The molecule has 0 spiro atoms. The Morgan fingerprint density at radius 3 is 2.25 bits per heavy atom. The molecule has 1 rings (SSSR count). The summed E-state index contributed by atoms with van der Waals surface area (Å²) in [5.74, 6) is -4.31. The van der Waals surface area contributed by atoms with Gasteiger partial charge in [-0.2, -0.15) is 0 Å². The molecule has 1 fully saturated rings. The molecule has 0 saturated carbocycles. The Morgan fingerprint density at radius 1 is 1.07 bits per heavy atom. The van der Waals surface area contributed by atoms with E-state index >= 15 is 0 Å². The fourth-order valence-electron chi connectivity index (χ4n) is 3.26. The summed E-state index contributed by atoms with van der Waals surface area (Å²) < 4.78 is 0. The van der Waals surface area contributed by atoms with Crippen molar-refractivity contribution >= 4 is 29.6 Å². The van der Waals surface area contributed by atoms with Gasteiger partial charge in [0.05, 0.1) is 12.1 Å². The number of carboxylic acid groups (broad SMARTS) is 2. The Hall–Kier alpha value is -2.73. The van der Waals surface area contributed by atoms with Crippen LogP contribution in [0.5, 0.6) is 0 Å². The van der Waals surface area contributed by atoms with Crippen molar-refractivity contribution in [2.75, 3.05) is 13.1 Å². The molecule has 1 heterocycles. The maximum atomic E-state index is 12.8. The van der Waals surface area contributed by atoms with Crippen molar-refractivity contribution < 1.29 is 29.4 Å². The summed E-state index contributed by atoms with van der Waals surface area (Å²) in [6, 6.07) is -2.35. The van der Waals surface area contributed by atoms with Gasteiger partial charge in [0.1, 0.15) is 0 Å². The average Bonchev–Trinajstić information content (AvgIpc) is 3.07. The number of hydrogen-bond acceptors (Lipinski definition) is 7. The maximum absolute atomic E-state index is 12.8. The molecule has 12 nitrogen and oxygen atoms in total. The van der Waals surface area contributed by atoms with Gasteiger partial charge in [0.25, 0.3) is 0 Å². The molecule has 0 bridgehead atoms. The lowest BCUT2D eigenvalue weighted by Crippen LogP contribution is -2.64. The minimum absolute atomic E-state index is 0.0458. The molecular formula is C16H28N6O6. The quantitative estimate of drug-likeness (QED) is 0.0929. The number of aliphatic carboxylic acids is 2. The standard InChI is InChI=1S/C16H28N6O6/c17-9(4-5-11(23)24)12(25)16(14(27)28)6-2-8-22(16)13(26)10(18)3-1-7-21-15(19)20/h9-10H,1-8,17-18H2,(H,23,24)(H,27,28)(H4,19,20,21). The van der Waals surface area contributed by atoms with Gasteiger partial charge >= 0.3 is 11.9 Å². The third-order valence-corrected chi connectivity index (χ3v) is 4.70. The lowest BCUT2D eigenvalue weighted by molar-refractivity contribution is -0.162. The first kappa shape index (κ1) is 23.3. The molecule has 1 aliphatic heterocycles. The fraction of sp³-hybridized carbons (Fsp3) is 0.688. The molecule has 28 heavy (non-hydrogen) atoms. The fourth-order valence-corrected chi connectivity index (χ4v) is 3.26. The number of carbonyl (C=O) groups excluding carboxylic acids is 2. The molecule has 158 valence electrons. The van der Waals surface area contributed by atoms with E-state index in [2.05, 4.69) is 4.99 Å². The van der Waals surface area contributed by atoms with Crippen molar-refractivity contribution in [2.24, 2.45) is 27.9 Å². The highest BCUT2D eigenvalue weighted by Gasteiger charge is 2.57. The van der Waals surface area contributed by atoms with Crippen LogP contribution in [0.15, 0.2) is 4.99 Å². The molecule has 10 N–H and O–H groups in total. The highest BCUT2D eigenvalue weighted by atomic mass is 16.4. The summed E-state index contributed by atoms with van der Waals surface area (Å²) in [6.07, 6.45) is 0.160. The average molecular weight is 400 g/mol. The number of carboxylic acids is 2. The Morgan fingerprint density at radius 2 is 1.71 bits per heavy atom. The molecule has 3 atom stereocenters. The molecule has 3 unspecified atom stereocenters.